The van der Waals surface area contributed by atoms with Crippen molar-refractivity contribution in [2.45, 2.75) is 0 Å². The van der Waals surface area contributed by atoms with Gasteiger partial charge in [0.1, 0.15) is 5.69 Å². The van der Waals surface area contributed by atoms with Crippen LogP contribution >= 0.6 is 34.5 Å². The quantitative estimate of drug-likeness (QED) is 0.764. The molecule has 4 nitrogen and oxygen atoms in total. The summed E-state index contributed by atoms with van der Waals surface area (Å²) in [4.78, 5) is 4.86. The number of halogens is 2. The number of anilines is 1. The Hall–Kier alpha value is -1.56. The van der Waals surface area contributed by atoms with Crippen LogP contribution in [0.25, 0.3) is 21.7 Å². The third kappa shape index (κ3) is 2.10. The van der Waals surface area contributed by atoms with Crippen molar-refractivity contribution < 1.29 is 4.52 Å². The molecule has 0 radical (unpaired) electrons. The maximum Gasteiger partial charge on any atom is 0.230 e. The lowest BCUT2D eigenvalue weighted by Crippen LogP contribution is -1.89. The van der Waals surface area contributed by atoms with E-state index in [4.69, 9.17) is 33.5 Å². The predicted molar refractivity (Wildman–Crippen MR) is 77.5 cm³/mol. The number of benzene rings is 1. The summed E-state index contributed by atoms with van der Waals surface area (Å²) >= 11 is 13.8. The van der Waals surface area contributed by atoms with Gasteiger partial charge in [0.15, 0.2) is 0 Å². The molecule has 7 heteroatoms. The standard InChI is InChI=1S/C12H7Cl2N3OS/c13-6-2-1-3-7(14)9(6)10-11(17-18-12(10)15)8-4-16-5-19-8/h1-5H,15H2. The third-order valence-corrected chi connectivity index (χ3v) is 4.01. The molecule has 0 bridgehead atoms. The lowest BCUT2D eigenvalue weighted by atomic mass is 10.0. The van der Waals surface area contributed by atoms with Crippen molar-refractivity contribution in [2.75, 3.05) is 5.73 Å². The van der Waals surface area contributed by atoms with Crippen LogP contribution in [-0.4, -0.2) is 10.1 Å². The number of nitrogens with two attached hydrogens (primary N) is 1. The van der Waals surface area contributed by atoms with E-state index in [9.17, 15) is 0 Å². The average Bonchev–Trinajstić information content (AvgIpc) is 2.99. The highest BCUT2D eigenvalue weighted by Gasteiger charge is 2.22. The minimum absolute atomic E-state index is 0.179. The molecular formula is C12H7Cl2N3OS. The van der Waals surface area contributed by atoms with E-state index in [0.717, 1.165) is 4.88 Å². The molecule has 0 unspecified atom stereocenters. The maximum absolute atomic E-state index is 6.20. The van der Waals surface area contributed by atoms with Crippen LogP contribution in [0.4, 0.5) is 5.88 Å². The van der Waals surface area contributed by atoms with Crippen molar-refractivity contribution in [3.05, 3.63) is 40.0 Å². The van der Waals surface area contributed by atoms with Crippen LogP contribution in [0.5, 0.6) is 0 Å². The van der Waals surface area contributed by atoms with Crippen LogP contribution < -0.4 is 5.73 Å². The molecule has 0 saturated carbocycles. The zero-order valence-corrected chi connectivity index (χ0v) is 11.8. The summed E-state index contributed by atoms with van der Waals surface area (Å²) in [5, 5.41) is 4.96. The summed E-state index contributed by atoms with van der Waals surface area (Å²) in [5.74, 6) is 0.179. The van der Waals surface area contributed by atoms with Crippen LogP contribution in [0.1, 0.15) is 0 Å². The van der Waals surface area contributed by atoms with Gasteiger partial charge in [0.2, 0.25) is 5.88 Å². The fourth-order valence-corrected chi connectivity index (χ4v) is 2.98. The van der Waals surface area contributed by atoms with Gasteiger partial charge >= 0.3 is 0 Å². The second-order valence-electron chi connectivity index (χ2n) is 3.73. The van der Waals surface area contributed by atoms with Gasteiger partial charge in [-0.15, -0.1) is 11.3 Å². The Morgan fingerprint density at radius 2 is 1.89 bits per heavy atom. The summed E-state index contributed by atoms with van der Waals surface area (Å²) in [6.07, 6.45) is 1.69. The smallest absolute Gasteiger partial charge is 0.230 e. The first-order chi connectivity index (χ1) is 9.18. The van der Waals surface area contributed by atoms with Gasteiger partial charge in [0, 0.05) is 11.8 Å². The summed E-state index contributed by atoms with van der Waals surface area (Å²) in [6.45, 7) is 0. The molecule has 0 saturated heterocycles. The van der Waals surface area contributed by atoms with E-state index in [1.807, 2.05) is 0 Å². The monoisotopic (exact) mass is 311 g/mol. The Labute approximate surface area is 122 Å². The van der Waals surface area contributed by atoms with E-state index in [2.05, 4.69) is 10.1 Å². The molecule has 0 amide bonds. The Morgan fingerprint density at radius 3 is 2.53 bits per heavy atom. The van der Waals surface area contributed by atoms with Crippen molar-refractivity contribution in [2.24, 2.45) is 0 Å². The molecule has 0 aliphatic carbocycles. The number of hydrogen-bond donors (Lipinski definition) is 1. The van der Waals surface area contributed by atoms with Crippen molar-refractivity contribution >= 4 is 40.4 Å². The Balaban J connectivity index is 2.29. The molecule has 2 N–H and O–H groups in total. The lowest BCUT2D eigenvalue weighted by molar-refractivity contribution is 0.439. The number of nitrogens with zero attached hydrogens (tertiary/aromatic N) is 2. The van der Waals surface area contributed by atoms with Crippen LogP contribution in [0.3, 0.4) is 0 Å². The van der Waals surface area contributed by atoms with E-state index >= 15 is 0 Å². The Morgan fingerprint density at radius 1 is 1.16 bits per heavy atom. The molecule has 2 aromatic heterocycles. The van der Waals surface area contributed by atoms with Gasteiger partial charge < -0.3 is 10.3 Å². The normalized spacial score (nSPS) is 10.8. The van der Waals surface area contributed by atoms with Crippen LogP contribution in [0.2, 0.25) is 10.0 Å². The minimum Gasteiger partial charge on any atom is -0.367 e. The second kappa shape index (κ2) is 4.85. The zero-order chi connectivity index (χ0) is 13.4. The molecule has 96 valence electrons. The summed E-state index contributed by atoms with van der Waals surface area (Å²) in [6, 6.07) is 5.25. The molecule has 19 heavy (non-hydrogen) atoms. The van der Waals surface area contributed by atoms with Crippen molar-refractivity contribution in [1.82, 2.24) is 10.1 Å². The summed E-state index contributed by atoms with van der Waals surface area (Å²) in [5.41, 5.74) is 9.37. The van der Waals surface area contributed by atoms with Crippen LogP contribution in [0.15, 0.2) is 34.4 Å². The van der Waals surface area contributed by atoms with Gasteiger partial charge in [0.05, 0.1) is 26.0 Å². The largest absolute Gasteiger partial charge is 0.367 e. The molecule has 0 atom stereocenters. The number of hydrogen-bond acceptors (Lipinski definition) is 5. The highest BCUT2D eigenvalue weighted by Crippen LogP contribution is 2.43. The van der Waals surface area contributed by atoms with Crippen LogP contribution in [0, 0.1) is 0 Å². The molecular weight excluding hydrogens is 305 g/mol. The minimum atomic E-state index is 0.179. The van der Waals surface area contributed by atoms with Gasteiger partial charge in [-0.1, -0.05) is 34.4 Å². The van der Waals surface area contributed by atoms with Gasteiger partial charge in [-0.2, -0.15) is 0 Å². The van der Waals surface area contributed by atoms with Crippen LogP contribution in [-0.2, 0) is 0 Å². The summed E-state index contributed by atoms with van der Waals surface area (Å²) < 4.78 is 5.07. The van der Waals surface area contributed by atoms with E-state index in [1.165, 1.54) is 11.3 Å². The van der Waals surface area contributed by atoms with E-state index in [-0.39, 0.29) is 5.88 Å². The second-order valence-corrected chi connectivity index (χ2v) is 5.43. The molecule has 3 rings (SSSR count). The maximum atomic E-state index is 6.20. The molecule has 0 aliphatic heterocycles. The van der Waals surface area contributed by atoms with Crippen molar-refractivity contribution in [3.8, 4) is 21.7 Å². The molecule has 0 fully saturated rings. The first-order valence-corrected chi connectivity index (χ1v) is 6.90. The summed E-state index contributed by atoms with van der Waals surface area (Å²) in [7, 11) is 0. The molecule has 0 spiro atoms. The van der Waals surface area contributed by atoms with Gasteiger partial charge in [0.25, 0.3) is 0 Å². The van der Waals surface area contributed by atoms with Gasteiger partial charge in [-0.25, -0.2) is 0 Å². The van der Waals surface area contributed by atoms with E-state index < -0.39 is 0 Å². The lowest BCUT2D eigenvalue weighted by Gasteiger charge is -2.06. The van der Waals surface area contributed by atoms with E-state index in [0.29, 0.717) is 26.9 Å². The number of nitrogen functional groups attached to an aromatic ring is 1. The number of thiazole rings is 1. The fourth-order valence-electron chi connectivity index (χ4n) is 1.78. The first-order valence-electron chi connectivity index (χ1n) is 5.27. The van der Waals surface area contributed by atoms with Crippen molar-refractivity contribution in [1.29, 1.82) is 0 Å². The van der Waals surface area contributed by atoms with Gasteiger partial charge in [-0.05, 0) is 12.1 Å². The average molecular weight is 312 g/mol. The highest BCUT2D eigenvalue weighted by atomic mass is 35.5. The van der Waals surface area contributed by atoms with Crippen molar-refractivity contribution in [3.63, 3.8) is 0 Å². The molecule has 1 aromatic carbocycles. The molecule has 2 heterocycles. The third-order valence-electron chi connectivity index (χ3n) is 2.60. The van der Waals surface area contributed by atoms with Gasteiger partial charge in [-0.3, -0.25) is 4.98 Å². The predicted octanol–water partition coefficient (Wildman–Crippen LogP) is 4.35. The highest BCUT2D eigenvalue weighted by molar-refractivity contribution is 7.13. The topological polar surface area (TPSA) is 64.9 Å². The molecule has 0 aliphatic rings. The van der Waals surface area contributed by atoms with E-state index in [1.54, 1.807) is 29.9 Å². The Kier molecular flexibility index (Phi) is 3.18. The first kappa shape index (κ1) is 12.5. The SMILES string of the molecule is Nc1onc(-c2cncs2)c1-c1c(Cl)cccc1Cl. The zero-order valence-electron chi connectivity index (χ0n) is 9.43. The number of aromatic nitrogens is 2. The fraction of sp³-hybridized carbons (Fsp3) is 0. The Bertz CT molecular complexity index is 704. The molecule has 3 aromatic rings. The number of rotatable bonds is 2.